The lowest BCUT2D eigenvalue weighted by Gasteiger charge is -2.32. The van der Waals surface area contributed by atoms with Gasteiger partial charge in [0.05, 0.1) is 6.04 Å². The summed E-state index contributed by atoms with van der Waals surface area (Å²) in [5, 5.41) is 3.14. The number of aryl methyl sites for hydroxylation is 1. The summed E-state index contributed by atoms with van der Waals surface area (Å²) >= 11 is 0. The third kappa shape index (κ3) is 2.91. The molecule has 0 aromatic heterocycles. The van der Waals surface area contributed by atoms with E-state index in [4.69, 9.17) is 5.73 Å². The number of hydrogen-bond acceptors (Lipinski definition) is 2. The van der Waals surface area contributed by atoms with E-state index in [0.717, 1.165) is 12.8 Å². The molecule has 0 bridgehead atoms. The summed E-state index contributed by atoms with van der Waals surface area (Å²) in [6.07, 6.45) is 2.63. The Morgan fingerprint density at radius 1 is 1.50 bits per heavy atom. The fraction of sp³-hybridized carbons (Fsp3) is 0.533. The molecule has 1 amide bonds. The van der Waals surface area contributed by atoms with E-state index < -0.39 is 0 Å². The number of amides is 1. The van der Waals surface area contributed by atoms with Crippen LogP contribution in [0, 0.1) is 5.92 Å². The van der Waals surface area contributed by atoms with Gasteiger partial charge in [-0.3, -0.25) is 4.79 Å². The Bertz CT molecular complexity index is 428. The Morgan fingerprint density at radius 2 is 2.22 bits per heavy atom. The number of nitrogens with two attached hydrogens (primary N) is 1. The minimum Gasteiger partial charge on any atom is -0.349 e. The van der Waals surface area contributed by atoms with Gasteiger partial charge in [0.15, 0.2) is 0 Å². The van der Waals surface area contributed by atoms with Gasteiger partial charge < -0.3 is 11.1 Å². The number of fused-ring (bicyclic) bond motifs is 1. The van der Waals surface area contributed by atoms with Gasteiger partial charge in [-0.1, -0.05) is 31.2 Å². The van der Waals surface area contributed by atoms with Crippen molar-refractivity contribution in [1.82, 2.24) is 5.32 Å². The largest absolute Gasteiger partial charge is 0.349 e. The van der Waals surface area contributed by atoms with Crippen LogP contribution in [0.25, 0.3) is 0 Å². The van der Waals surface area contributed by atoms with Crippen LogP contribution in [0.15, 0.2) is 24.3 Å². The molecule has 3 nitrogen and oxygen atoms in total. The number of benzene rings is 1. The quantitative estimate of drug-likeness (QED) is 0.858. The van der Waals surface area contributed by atoms with E-state index in [0.29, 0.717) is 12.3 Å². The molecule has 2 rings (SSSR count). The first kappa shape index (κ1) is 13.1. The van der Waals surface area contributed by atoms with Gasteiger partial charge in [0.1, 0.15) is 0 Å². The van der Waals surface area contributed by atoms with Crippen molar-refractivity contribution in [2.24, 2.45) is 11.7 Å². The second-order valence-corrected chi connectivity index (χ2v) is 5.44. The van der Waals surface area contributed by atoms with E-state index in [1.165, 1.54) is 11.1 Å². The van der Waals surface area contributed by atoms with Crippen LogP contribution >= 0.6 is 0 Å². The third-order valence-electron chi connectivity index (χ3n) is 3.65. The summed E-state index contributed by atoms with van der Waals surface area (Å²) in [6, 6.07) is 8.45. The van der Waals surface area contributed by atoms with Crippen LogP contribution in [0.2, 0.25) is 0 Å². The highest BCUT2D eigenvalue weighted by atomic mass is 16.1. The maximum atomic E-state index is 11.9. The molecule has 0 radical (unpaired) electrons. The van der Waals surface area contributed by atoms with Gasteiger partial charge >= 0.3 is 0 Å². The molecule has 0 spiro atoms. The van der Waals surface area contributed by atoms with Crippen LogP contribution in [0.4, 0.5) is 0 Å². The second kappa shape index (κ2) is 5.53. The lowest BCUT2D eigenvalue weighted by atomic mass is 9.80. The van der Waals surface area contributed by atoms with E-state index >= 15 is 0 Å². The van der Waals surface area contributed by atoms with Gasteiger partial charge in [0.2, 0.25) is 5.91 Å². The Balaban J connectivity index is 2.14. The normalized spacial score (nSPS) is 24.2. The Labute approximate surface area is 109 Å². The fourth-order valence-corrected chi connectivity index (χ4v) is 2.67. The van der Waals surface area contributed by atoms with Crippen molar-refractivity contribution in [1.29, 1.82) is 0 Å². The molecule has 1 aliphatic rings. The molecule has 3 N–H and O–H groups in total. The van der Waals surface area contributed by atoms with Crippen LogP contribution in [0.3, 0.4) is 0 Å². The van der Waals surface area contributed by atoms with Gasteiger partial charge in [-0.05, 0) is 36.8 Å². The first-order chi connectivity index (χ1) is 8.58. The average molecular weight is 246 g/mol. The van der Waals surface area contributed by atoms with E-state index in [-0.39, 0.29) is 18.0 Å². The van der Waals surface area contributed by atoms with Crippen LogP contribution in [-0.4, -0.2) is 11.9 Å². The van der Waals surface area contributed by atoms with Crippen LogP contribution in [-0.2, 0) is 11.2 Å². The third-order valence-corrected chi connectivity index (χ3v) is 3.65. The molecule has 3 unspecified atom stereocenters. The van der Waals surface area contributed by atoms with Crippen molar-refractivity contribution in [2.45, 2.75) is 45.2 Å². The second-order valence-electron chi connectivity index (χ2n) is 5.44. The van der Waals surface area contributed by atoms with Crippen molar-refractivity contribution in [3.63, 3.8) is 0 Å². The topological polar surface area (TPSA) is 55.1 Å². The summed E-state index contributed by atoms with van der Waals surface area (Å²) in [5.74, 6) is 0.537. The Hall–Kier alpha value is -1.35. The van der Waals surface area contributed by atoms with Gasteiger partial charge in [-0.25, -0.2) is 0 Å². The molecule has 3 atom stereocenters. The SMILES string of the molecule is CC(N)CC(=O)NC1c2ccccc2CCC1C. The minimum absolute atomic E-state index is 0.0542. The Morgan fingerprint density at radius 3 is 2.94 bits per heavy atom. The maximum Gasteiger partial charge on any atom is 0.222 e. The van der Waals surface area contributed by atoms with Crippen LogP contribution in [0.5, 0.6) is 0 Å². The first-order valence-corrected chi connectivity index (χ1v) is 6.70. The lowest BCUT2D eigenvalue weighted by molar-refractivity contribution is -0.122. The van der Waals surface area contributed by atoms with Crippen LogP contribution in [0.1, 0.15) is 43.9 Å². The number of rotatable bonds is 3. The van der Waals surface area contributed by atoms with Crippen molar-refractivity contribution in [3.8, 4) is 0 Å². The highest BCUT2D eigenvalue weighted by molar-refractivity contribution is 5.77. The predicted octanol–water partition coefficient (Wildman–Crippen LogP) is 2.16. The molecule has 1 aromatic carbocycles. The van der Waals surface area contributed by atoms with Gasteiger partial charge in [-0.2, -0.15) is 0 Å². The van der Waals surface area contributed by atoms with Gasteiger partial charge in [-0.15, -0.1) is 0 Å². The highest BCUT2D eigenvalue weighted by Crippen LogP contribution is 2.33. The summed E-state index contributed by atoms with van der Waals surface area (Å²) in [7, 11) is 0. The zero-order valence-corrected chi connectivity index (χ0v) is 11.1. The molecule has 0 saturated heterocycles. The molecule has 98 valence electrons. The summed E-state index contributed by atoms with van der Waals surface area (Å²) in [5.41, 5.74) is 8.30. The molecule has 0 saturated carbocycles. The standard InChI is InChI=1S/C15H22N2O/c1-10-7-8-12-5-3-4-6-13(12)15(10)17-14(18)9-11(2)16/h3-6,10-11,15H,7-9,16H2,1-2H3,(H,17,18). The smallest absolute Gasteiger partial charge is 0.222 e. The zero-order chi connectivity index (χ0) is 13.1. The molecule has 0 fully saturated rings. The molecule has 1 aliphatic carbocycles. The molecular weight excluding hydrogens is 224 g/mol. The minimum atomic E-state index is -0.0841. The van der Waals surface area contributed by atoms with E-state index in [2.05, 4.69) is 30.4 Å². The van der Waals surface area contributed by atoms with Crippen LogP contribution < -0.4 is 11.1 Å². The van der Waals surface area contributed by atoms with Crippen molar-refractivity contribution in [2.75, 3.05) is 0 Å². The fourth-order valence-electron chi connectivity index (χ4n) is 2.67. The molecule has 1 aromatic rings. The van der Waals surface area contributed by atoms with Crippen molar-refractivity contribution >= 4 is 5.91 Å². The summed E-state index contributed by atoms with van der Waals surface area (Å²) < 4.78 is 0. The summed E-state index contributed by atoms with van der Waals surface area (Å²) in [4.78, 5) is 11.9. The summed E-state index contributed by atoms with van der Waals surface area (Å²) in [6.45, 7) is 4.06. The van der Waals surface area contributed by atoms with Crippen molar-refractivity contribution < 1.29 is 4.79 Å². The first-order valence-electron chi connectivity index (χ1n) is 6.70. The van der Waals surface area contributed by atoms with E-state index in [1.807, 2.05) is 13.0 Å². The molecule has 0 aliphatic heterocycles. The molecular formula is C15H22N2O. The highest BCUT2D eigenvalue weighted by Gasteiger charge is 2.27. The number of carbonyl (C=O) groups is 1. The van der Waals surface area contributed by atoms with Gasteiger partial charge in [0, 0.05) is 12.5 Å². The molecule has 18 heavy (non-hydrogen) atoms. The van der Waals surface area contributed by atoms with Gasteiger partial charge in [0.25, 0.3) is 0 Å². The number of carbonyl (C=O) groups excluding carboxylic acids is 1. The van der Waals surface area contributed by atoms with Crippen molar-refractivity contribution in [3.05, 3.63) is 35.4 Å². The predicted molar refractivity (Wildman–Crippen MR) is 73.1 cm³/mol. The molecule has 0 heterocycles. The molecule has 3 heteroatoms. The monoisotopic (exact) mass is 246 g/mol. The zero-order valence-electron chi connectivity index (χ0n) is 11.1. The van der Waals surface area contributed by atoms with E-state index in [1.54, 1.807) is 0 Å². The Kier molecular flexibility index (Phi) is 4.02. The lowest BCUT2D eigenvalue weighted by Crippen LogP contribution is -2.37. The van der Waals surface area contributed by atoms with E-state index in [9.17, 15) is 4.79 Å². The maximum absolute atomic E-state index is 11.9. The average Bonchev–Trinajstić information content (AvgIpc) is 2.32. The number of nitrogens with one attached hydrogen (secondary N) is 1. The number of hydrogen-bond donors (Lipinski definition) is 2.